The minimum atomic E-state index is -0.337. The molecule has 3 N–H and O–H groups in total. The Labute approximate surface area is 80.4 Å². The molecular weight excluding hydrogens is 164 g/mol. The van der Waals surface area contributed by atoms with Gasteiger partial charge in [0, 0.05) is 11.1 Å². The Kier molecular flexibility index (Phi) is 4.70. The van der Waals surface area contributed by atoms with Crippen LogP contribution < -0.4 is 11.1 Å². The molecule has 1 amide bonds. The van der Waals surface area contributed by atoms with Gasteiger partial charge in [-0.25, -0.2) is 0 Å². The molecule has 0 aromatic rings. The molecule has 0 atom stereocenters. The fourth-order valence-electron chi connectivity index (χ4n) is 0.836. The summed E-state index contributed by atoms with van der Waals surface area (Å²) in [5.74, 6) is -0.337. The summed E-state index contributed by atoms with van der Waals surface area (Å²) in [6.07, 6.45) is 2.70. The monoisotopic (exact) mass is 184 g/mol. The lowest BCUT2D eigenvalue weighted by Crippen LogP contribution is -2.36. The quantitative estimate of drug-likeness (QED) is 0.509. The number of nitrogens with two attached hydrogens (primary N) is 1. The minimum Gasteiger partial charge on any atom is -0.366 e. The molecule has 13 heavy (non-hydrogen) atoms. The number of carbonyl (C=O) groups excluding carboxylic acids is 1. The van der Waals surface area contributed by atoms with Crippen LogP contribution >= 0.6 is 0 Å². The first-order valence-electron chi connectivity index (χ1n) is 4.54. The fraction of sp³-hybridized carbons (Fsp3) is 0.700. The maximum Gasteiger partial charge on any atom is 0.244 e. The number of hydrogen-bond acceptors (Lipinski definition) is 2. The van der Waals surface area contributed by atoms with Crippen molar-refractivity contribution in [3.63, 3.8) is 0 Å². The molecule has 0 unspecified atom stereocenters. The zero-order valence-corrected chi connectivity index (χ0v) is 8.98. The predicted molar refractivity (Wildman–Crippen MR) is 55.3 cm³/mol. The minimum absolute atomic E-state index is 0.133. The molecule has 3 heteroatoms. The molecule has 0 saturated heterocycles. The van der Waals surface area contributed by atoms with Crippen LogP contribution in [0.1, 0.15) is 34.1 Å². The van der Waals surface area contributed by atoms with Crippen LogP contribution in [0.3, 0.4) is 0 Å². The Morgan fingerprint density at radius 3 is 2.38 bits per heavy atom. The number of carbonyl (C=O) groups is 1. The Morgan fingerprint density at radius 1 is 1.46 bits per heavy atom. The summed E-state index contributed by atoms with van der Waals surface area (Å²) in [7, 11) is 0. The van der Waals surface area contributed by atoms with Crippen molar-refractivity contribution in [1.82, 2.24) is 5.32 Å². The van der Waals surface area contributed by atoms with Crippen LogP contribution in [0.15, 0.2) is 11.6 Å². The first-order valence-corrected chi connectivity index (χ1v) is 4.54. The van der Waals surface area contributed by atoms with Crippen molar-refractivity contribution in [3.05, 3.63) is 11.6 Å². The van der Waals surface area contributed by atoms with Gasteiger partial charge in [0.1, 0.15) is 0 Å². The summed E-state index contributed by atoms with van der Waals surface area (Å²) >= 11 is 0. The third-order valence-corrected chi connectivity index (χ3v) is 1.64. The summed E-state index contributed by atoms with van der Waals surface area (Å²) < 4.78 is 0. The maximum atomic E-state index is 10.6. The van der Waals surface area contributed by atoms with E-state index in [-0.39, 0.29) is 11.4 Å². The molecule has 76 valence electrons. The molecule has 0 fully saturated rings. The van der Waals surface area contributed by atoms with E-state index < -0.39 is 0 Å². The van der Waals surface area contributed by atoms with Crippen LogP contribution in [-0.4, -0.2) is 18.0 Å². The number of hydrogen-bond donors (Lipinski definition) is 2. The second kappa shape index (κ2) is 5.02. The highest BCUT2D eigenvalue weighted by molar-refractivity contribution is 5.91. The predicted octanol–water partition coefficient (Wildman–Crippen LogP) is 1.20. The second-order valence-electron chi connectivity index (χ2n) is 4.22. The van der Waals surface area contributed by atoms with Crippen LogP contribution in [-0.2, 0) is 4.79 Å². The van der Waals surface area contributed by atoms with E-state index in [0.717, 1.165) is 13.0 Å². The zero-order valence-electron chi connectivity index (χ0n) is 8.98. The maximum absolute atomic E-state index is 10.6. The average Bonchev–Trinajstić information content (AvgIpc) is 1.95. The summed E-state index contributed by atoms with van der Waals surface area (Å²) in [6, 6.07) is 0. The number of amides is 1. The van der Waals surface area contributed by atoms with E-state index in [0.29, 0.717) is 5.57 Å². The van der Waals surface area contributed by atoms with Crippen LogP contribution in [0, 0.1) is 0 Å². The molecule has 0 spiro atoms. The van der Waals surface area contributed by atoms with Gasteiger partial charge in [-0.3, -0.25) is 4.79 Å². The molecule has 0 radical (unpaired) electrons. The highest BCUT2D eigenvalue weighted by Crippen LogP contribution is 1.99. The molecule has 0 bridgehead atoms. The number of rotatable bonds is 4. The fourth-order valence-corrected chi connectivity index (χ4v) is 0.836. The lowest BCUT2D eigenvalue weighted by atomic mass is 10.1. The van der Waals surface area contributed by atoms with Gasteiger partial charge >= 0.3 is 0 Å². The highest BCUT2D eigenvalue weighted by Gasteiger charge is 2.06. The first kappa shape index (κ1) is 12.2. The smallest absolute Gasteiger partial charge is 0.244 e. The second-order valence-corrected chi connectivity index (χ2v) is 4.22. The van der Waals surface area contributed by atoms with E-state index >= 15 is 0 Å². The summed E-state index contributed by atoms with van der Waals surface area (Å²) in [5, 5.41) is 3.32. The third kappa shape index (κ3) is 7.53. The van der Waals surface area contributed by atoms with Gasteiger partial charge < -0.3 is 11.1 Å². The normalized spacial score (nSPS) is 13.1. The van der Waals surface area contributed by atoms with Gasteiger partial charge in [0.25, 0.3) is 0 Å². The zero-order chi connectivity index (χ0) is 10.5. The van der Waals surface area contributed by atoms with Gasteiger partial charge in [0.15, 0.2) is 0 Å². The van der Waals surface area contributed by atoms with Crippen molar-refractivity contribution < 1.29 is 4.79 Å². The van der Waals surface area contributed by atoms with E-state index in [4.69, 9.17) is 5.73 Å². The molecule has 0 aromatic carbocycles. The van der Waals surface area contributed by atoms with Crippen LogP contribution in [0.2, 0.25) is 0 Å². The van der Waals surface area contributed by atoms with E-state index in [1.54, 1.807) is 6.92 Å². The Hall–Kier alpha value is -0.830. The topological polar surface area (TPSA) is 55.1 Å². The molecule has 0 heterocycles. The molecule has 0 aliphatic rings. The molecule has 0 aliphatic heterocycles. The molecular formula is C10H20N2O. The standard InChI is InChI=1S/C10H20N2O/c1-8(9(11)13)6-5-7-12-10(2,3)4/h6,12H,5,7H2,1-4H3,(H2,11,13). The van der Waals surface area contributed by atoms with Gasteiger partial charge in [-0.2, -0.15) is 0 Å². The van der Waals surface area contributed by atoms with Crippen molar-refractivity contribution >= 4 is 5.91 Å². The first-order chi connectivity index (χ1) is 5.83. The Balaban J connectivity index is 3.68. The number of nitrogens with one attached hydrogen (secondary N) is 1. The molecule has 0 saturated carbocycles. The molecule has 0 aliphatic carbocycles. The third-order valence-electron chi connectivity index (χ3n) is 1.64. The van der Waals surface area contributed by atoms with E-state index in [2.05, 4.69) is 26.1 Å². The lowest BCUT2D eigenvalue weighted by Gasteiger charge is -2.19. The van der Waals surface area contributed by atoms with Crippen molar-refractivity contribution in [2.24, 2.45) is 5.73 Å². The van der Waals surface area contributed by atoms with Crippen LogP contribution in [0.5, 0.6) is 0 Å². The van der Waals surface area contributed by atoms with Gasteiger partial charge in [0.05, 0.1) is 0 Å². The summed E-state index contributed by atoms with van der Waals surface area (Å²) in [5.41, 5.74) is 5.84. The van der Waals surface area contributed by atoms with Crippen molar-refractivity contribution in [2.45, 2.75) is 39.7 Å². The lowest BCUT2D eigenvalue weighted by molar-refractivity contribution is -0.114. The van der Waals surface area contributed by atoms with Gasteiger partial charge in [-0.15, -0.1) is 0 Å². The van der Waals surface area contributed by atoms with Crippen molar-refractivity contribution in [1.29, 1.82) is 0 Å². The van der Waals surface area contributed by atoms with Crippen molar-refractivity contribution in [2.75, 3.05) is 6.54 Å². The Bertz CT molecular complexity index is 201. The molecule has 0 aromatic heterocycles. The van der Waals surface area contributed by atoms with Gasteiger partial charge in [-0.05, 0) is 40.7 Å². The van der Waals surface area contributed by atoms with E-state index in [1.165, 1.54) is 0 Å². The van der Waals surface area contributed by atoms with Gasteiger partial charge in [0.2, 0.25) is 5.91 Å². The molecule has 0 rings (SSSR count). The van der Waals surface area contributed by atoms with E-state index in [9.17, 15) is 4.79 Å². The van der Waals surface area contributed by atoms with Gasteiger partial charge in [-0.1, -0.05) is 6.08 Å². The van der Waals surface area contributed by atoms with Crippen molar-refractivity contribution in [3.8, 4) is 0 Å². The largest absolute Gasteiger partial charge is 0.366 e. The van der Waals surface area contributed by atoms with Crippen LogP contribution in [0.4, 0.5) is 0 Å². The summed E-state index contributed by atoms with van der Waals surface area (Å²) in [6.45, 7) is 8.93. The van der Waals surface area contributed by atoms with E-state index in [1.807, 2.05) is 6.08 Å². The average molecular weight is 184 g/mol. The molecule has 3 nitrogen and oxygen atoms in total. The highest BCUT2D eigenvalue weighted by atomic mass is 16.1. The SMILES string of the molecule is CC(=CCCNC(C)(C)C)C(N)=O. The summed E-state index contributed by atoms with van der Waals surface area (Å²) in [4.78, 5) is 10.6. The van der Waals surface area contributed by atoms with Crippen LogP contribution in [0.25, 0.3) is 0 Å². The number of primary amides is 1. The Morgan fingerprint density at radius 2 is 2.00 bits per heavy atom.